The lowest BCUT2D eigenvalue weighted by Gasteiger charge is -2.13. The molecule has 0 aliphatic rings. The van der Waals surface area contributed by atoms with Crippen LogP contribution in [-0.2, 0) is 6.54 Å². The number of carbonyl (C=O) groups is 1. The first kappa shape index (κ1) is 9.38. The minimum absolute atomic E-state index is 0.442. The first-order valence-corrected chi connectivity index (χ1v) is 3.94. The Kier molecular flexibility index (Phi) is 2.74. The number of rotatable bonds is 2. The Morgan fingerprint density at radius 3 is 2.77 bits per heavy atom. The fourth-order valence-electron chi connectivity index (χ4n) is 1.04. The molecule has 4 heteroatoms. The number of nitrogens with zero attached hydrogens (tertiary/aromatic N) is 1. The third-order valence-corrected chi connectivity index (χ3v) is 1.75. The van der Waals surface area contributed by atoms with Gasteiger partial charge in [-0.25, -0.2) is 4.79 Å². The van der Waals surface area contributed by atoms with Crippen molar-refractivity contribution in [1.29, 1.82) is 0 Å². The SMILES string of the molecule is CN(Cc1cccc(N)c1)C(N)=O. The fourth-order valence-corrected chi connectivity index (χ4v) is 1.04. The summed E-state index contributed by atoms with van der Waals surface area (Å²) in [5.74, 6) is 0. The van der Waals surface area contributed by atoms with Gasteiger partial charge in [0.25, 0.3) is 0 Å². The van der Waals surface area contributed by atoms with E-state index in [0.29, 0.717) is 12.2 Å². The molecule has 0 heterocycles. The number of benzene rings is 1. The van der Waals surface area contributed by atoms with Crippen LogP contribution in [0, 0.1) is 0 Å². The molecule has 0 radical (unpaired) electrons. The molecule has 0 aliphatic heterocycles. The Labute approximate surface area is 77.1 Å². The molecule has 13 heavy (non-hydrogen) atoms. The lowest BCUT2D eigenvalue weighted by atomic mass is 10.2. The van der Waals surface area contributed by atoms with Crippen LogP contribution in [0.5, 0.6) is 0 Å². The van der Waals surface area contributed by atoms with Crippen molar-refractivity contribution in [2.75, 3.05) is 12.8 Å². The van der Waals surface area contributed by atoms with Gasteiger partial charge in [0.15, 0.2) is 0 Å². The molecule has 1 rings (SSSR count). The summed E-state index contributed by atoms with van der Waals surface area (Å²) < 4.78 is 0. The van der Waals surface area contributed by atoms with Crippen molar-refractivity contribution in [3.63, 3.8) is 0 Å². The molecule has 0 bridgehead atoms. The zero-order chi connectivity index (χ0) is 9.84. The van der Waals surface area contributed by atoms with Gasteiger partial charge >= 0.3 is 6.03 Å². The monoisotopic (exact) mass is 179 g/mol. The quantitative estimate of drug-likeness (QED) is 0.658. The molecule has 0 spiro atoms. The van der Waals surface area contributed by atoms with E-state index in [1.807, 2.05) is 18.2 Å². The molecule has 4 N–H and O–H groups in total. The zero-order valence-corrected chi connectivity index (χ0v) is 7.53. The van der Waals surface area contributed by atoms with Crippen LogP contribution < -0.4 is 11.5 Å². The van der Waals surface area contributed by atoms with Crippen molar-refractivity contribution >= 4 is 11.7 Å². The van der Waals surface area contributed by atoms with E-state index in [-0.39, 0.29) is 0 Å². The fraction of sp³-hybridized carbons (Fsp3) is 0.222. The lowest BCUT2D eigenvalue weighted by molar-refractivity contribution is 0.216. The standard InChI is InChI=1S/C9H13N3O/c1-12(9(11)13)6-7-3-2-4-8(10)5-7/h2-5H,6,10H2,1H3,(H2,11,13). The average molecular weight is 179 g/mol. The van der Waals surface area contributed by atoms with Crippen molar-refractivity contribution in [1.82, 2.24) is 4.90 Å². The van der Waals surface area contributed by atoms with Crippen LogP contribution >= 0.6 is 0 Å². The number of anilines is 1. The normalized spacial score (nSPS) is 9.62. The van der Waals surface area contributed by atoms with Gasteiger partial charge in [0.1, 0.15) is 0 Å². The van der Waals surface area contributed by atoms with Crippen LogP contribution in [0.3, 0.4) is 0 Å². The van der Waals surface area contributed by atoms with Crippen LogP contribution in [0.1, 0.15) is 5.56 Å². The molecule has 0 atom stereocenters. The summed E-state index contributed by atoms with van der Waals surface area (Å²) in [5.41, 5.74) is 12.3. The number of nitrogen functional groups attached to an aromatic ring is 1. The van der Waals surface area contributed by atoms with Crippen molar-refractivity contribution in [3.05, 3.63) is 29.8 Å². The van der Waals surface area contributed by atoms with Crippen LogP contribution in [0.15, 0.2) is 24.3 Å². The highest BCUT2D eigenvalue weighted by atomic mass is 16.2. The number of urea groups is 1. The van der Waals surface area contributed by atoms with E-state index in [1.54, 1.807) is 13.1 Å². The van der Waals surface area contributed by atoms with E-state index in [0.717, 1.165) is 5.56 Å². The number of amides is 2. The molecule has 70 valence electrons. The highest BCUT2D eigenvalue weighted by Crippen LogP contribution is 2.08. The van der Waals surface area contributed by atoms with E-state index in [1.165, 1.54) is 4.90 Å². The molecular weight excluding hydrogens is 166 g/mol. The third-order valence-electron chi connectivity index (χ3n) is 1.75. The summed E-state index contributed by atoms with van der Waals surface area (Å²) in [5, 5.41) is 0. The van der Waals surface area contributed by atoms with Crippen LogP contribution in [0.2, 0.25) is 0 Å². The molecule has 0 saturated carbocycles. The largest absolute Gasteiger partial charge is 0.399 e. The van der Waals surface area contributed by atoms with Gasteiger partial charge in [0.05, 0.1) is 0 Å². The Hall–Kier alpha value is -1.71. The minimum Gasteiger partial charge on any atom is -0.399 e. The molecule has 1 aromatic rings. The second kappa shape index (κ2) is 3.80. The van der Waals surface area contributed by atoms with Crippen molar-refractivity contribution in [2.24, 2.45) is 5.73 Å². The van der Waals surface area contributed by atoms with E-state index >= 15 is 0 Å². The smallest absolute Gasteiger partial charge is 0.314 e. The molecule has 0 aliphatic carbocycles. The van der Waals surface area contributed by atoms with Crippen LogP contribution in [0.4, 0.5) is 10.5 Å². The third kappa shape index (κ3) is 2.66. The lowest BCUT2D eigenvalue weighted by Crippen LogP contribution is -2.31. The van der Waals surface area contributed by atoms with Gasteiger partial charge in [0, 0.05) is 19.3 Å². The highest BCUT2D eigenvalue weighted by Gasteiger charge is 2.03. The molecule has 0 aromatic heterocycles. The van der Waals surface area contributed by atoms with Gasteiger partial charge < -0.3 is 16.4 Å². The second-order valence-electron chi connectivity index (χ2n) is 2.94. The number of hydrogen-bond acceptors (Lipinski definition) is 2. The van der Waals surface area contributed by atoms with E-state index < -0.39 is 6.03 Å². The topological polar surface area (TPSA) is 72.3 Å². The number of primary amides is 1. The van der Waals surface area contributed by atoms with Gasteiger partial charge in [-0.2, -0.15) is 0 Å². The van der Waals surface area contributed by atoms with Gasteiger partial charge in [0.2, 0.25) is 0 Å². The van der Waals surface area contributed by atoms with Crippen LogP contribution in [-0.4, -0.2) is 18.0 Å². The second-order valence-corrected chi connectivity index (χ2v) is 2.94. The highest BCUT2D eigenvalue weighted by molar-refractivity contribution is 5.71. The molecule has 1 aromatic carbocycles. The predicted octanol–water partition coefficient (Wildman–Crippen LogP) is 0.779. The Morgan fingerprint density at radius 1 is 1.54 bits per heavy atom. The molecule has 4 nitrogen and oxygen atoms in total. The maximum absolute atomic E-state index is 10.7. The van der Waals surface area contributed by atoms with Gasteiger partial charge in [-0.1, -0.05) is 12.1 Å². The van der Waals surface area contributed by atoms with Crippen molar-refractivity contribution in [3.8, 4) is 0 Å². The molecule has 2 amide bonds. The molecular formula is C9H13N3O. The Morgan fingerprint density at radius 2 is 2.23 bits per heavy atom. The summed E-state index contributed by atoms with van der Waals surface area (Å²) in [4.78, 5) is 12.1. The van der Waals surface area contributed by atoms with Crippen LogP contribution in [0.25, 0.3) is 0 Å². The zero-order valence-electron chi connectivity index (χ0n) is 7.53. The first-order chi connectivity index (χ1) is 6.09. The van der Waals surface area contributed by atoms with Crippen molar-refractivity contribution < 1.29 is 4.79 Å². The maximum Gasteiger partial charge on any atom is 0.314 e. The van der Waals surface area contributed by atoms with E-state index in [4.69, 9.17) is 11.5 Å². The first-order valence-electron chi connectivity index (χ1n) is 3.94. The number of carbonyl (C=O) groups excluding carboxylic acids is 1. The molecule has 0 saturated heterocycles. The van der Waals surface area contributed by atoms with E-state index in [9.17, 15) is 4.79 Å². The average Bonchev–Trinajstić information content (AvgIpc) is 2.04. The minimum atomic E-state index is -0.442. The van der Waals surface area contributed by atoms with Gasteiger partial charge in [-0.3, -0.25) is 0 Å². The number of nitrogens with two attached hydrogens (primary N) is 2. The summed E-state index contributed by atoms with van der Waals surface area (Å²) >= 11 is 0. The molecule has 0 unspecified atom stereocenters. The summed E-state index contributed by atoms with van der Waals surface area (Å²) in [6.45, 7) is 0.486. The summed E-state index contributed by atoms with van der Waals surface area (Å²) in [7, 11) is 1.64. The molecule has 0 fully saturated rings. The Balaban J connectivity index is 2.69. The predicted molar refractivity (Wildman–Crippen MR) is 51.9 cm³/mol. The van der Waals surface area contributed by atoms with E-state index in [2.05, 4.69) is 0 Å². The van der Waals surface area contributed by atoms with Gasteiger partial charge in [-0.05, 0) is 17.7 Å². The van der Waals surface area contributed by atoms with Gasteiger partial charge in [-0.15, -0.1) is 0 Å². The summed E-state index contributed by atoms with van der Waals surface area (Å²) in [6, 6.07) is 6.92. The summed E-state index contributed by atoms with van der Waals surface area (Å²) in [6.07, 6.45) is 0. The Bertz CT molecular complexity index is 311. The maximum atomic E-state index is 10.7. The number of hydrogen-bond donors (Lipinski definition) is 2. The van der Waals surface area contributed by atoms with Crippen molar-refractivity contribution in [2.45, 2.75) is 6.54 Å².